The number of rotatable bonds is 9. The summed E-state index contributed by atoms with van der Waals surface area (Å²) in [5.41, 5.74) is 11.7. The highest BCUT2D eigenvalue weighted by Crippen LogP contribution is 2.40. The molecule has 0 spiro atoms. The van der Waals surface area contributed by atoms with Crippen LogP contribution in [0.15, 0.2) is 34.8 Å². The second-order valence-electron chi connectivity index (χ2n) is 8.83. The van der Waals surface area contributed by atoms with Crippen molar-refractivity contribution in [3.63, 3.8) is 0 Å². The lowest BCUT2D eigenvalue weighted by Crippen LogP contribution is -2.71. The van der Waals surface area contributed by atoms with Gasteiger partial charge in [0, 0.05) is 11.3 Å². The van der Waals surface area contributed by atoms with Crippen molar-refractivity contribution in [2.24, 2.45) is 5.16 Å². The summed E-state index contributed by atoms with van der Waals surface area (Å²) >= 11 is 8.25. The van der Waals surface area contributed by atoms with E-state index in [1.54, 1.807) is 22.9 Å². The van der Waals surface area contributed by atoms with Crippen LogP contribution < -0.4 is 21.4 Å². The second kappa shape index (κ2) is 10.9. The normalized spacial score (nSPS) is 19.5. The number of carbonyl (C=O) groups is 4. The van der Waals surface area contributed by atoms with Crippen molar-refractivity contribution in [2.75, 3.05) is 17.2 Å². The second-order valence-corrected chi connectivity index (χ2v) is 11.6. The number of H-pyrrole nitrogens is 1. The Kier molecular flexibility index (Phi) is 7.45. The maximum Gasteiger partial charge on any atom is 0.359 e. The third-order valence-corrected chi connectivity index (χ3v) is 8.63. The summed E-state index contributed by atoms with van der Waals surface area (Å²) in [6, 6.07) is 2.39. The van der Waals surface area contributed by atoms with E-state index >= 15 is 0 Å². The summed E-state index contributed by atoms with van der Waals surface area (Å²) in [5.74, 6) is -3.65. The van der Waals surface area contributed by atoms with Gasteiger partial charge in [0.2, 0.25) is 6.10 Å². The molecule has 0 aromatic carbocycles. The van der Waals surface area contributed by atoms with Gasteiger partial charge in [0.1, 0.15) is 39.1 Å². The monoisotopic (exact) mass is 622 g/mol. The molecule has 0 bridgehead atoms. The number of halogens is 1. The average molecular weight is 623 g/mol. The number of aromatic amines is 1. The van der Waals surface area contributed by atoms with E-state index in [0.717, 1.165) is 16.2 Å². The number of anilines is 2. The number of β-lactam (4-membered cyclic amide) rings is 1. The number of aliphatic carboxylic acids is 2. The topological polar surface area (TPSA) is 243 Å². The Bertz CT molecular complexity index is 1670. The van der Waals surface area contributed by atoms with Crippen molar-refractivity contribution >= 4 is 86.1 Å². The fourth-order valence-electron chi connectivity index (χ4n) is 4.23. The van der Waals surface area contributed by atoms with Crippen LogP contribution in [0.2, 0.25) is 4.34 Å². The minimum absolute atomic E-state index is 0.0106. The minimum Gasteiger partial charge on any atom is -0.478 e. The average Bonchev–Trinajstić information content (AvgIpc) is 3.47. The Morgan fingerprint density at radius 2 is 2.15 bits per heavy atom. The van der Waals surface area contributed by atoms with Crippen LogP contribution in [0.4, 0.5) is 10.9 Å². The Morgan fingerprint density at radius 1 is 1.39 bits per heavy atom. The molecule has 0 saturated carbocycles. The summed E-state index contributed by atoms with van der Waals surface area (Å²) in [7, 11) is 0. The number of fused-ring (bicyclic) bond motifs is 2. The number of thioether (sulfide) groups is 1. The van der Waals surface area contributed by atoms with E-state index in [-0.39, 0.29) is 33.2 Å². The zero-order valence-corrected chi connectivity index (χ0v) is 23.3. The van der Waals surface area contributed by atoms with Crippen LogP contribution in [-0.2, 0) is 30.6 Å². The first-order chi connectivity index (χ1) is 19.5. The molecule has 5 rings (SSSR count). The lowest BCUT2D eigenvalue weighted by molar-refractivity contribution is -0.665. The lowest BCUT2D eigenvalue weighted by Gasteiger charge is -2.49. The molecular weight excluding hydrogens is 602 g/mol. The predicted molar refractivity (Wildman–Crippen MR) is 147 cm³/mol. The number of nitrogen functional groups attached to an aromatic ring is 2. The number of carboxylic acid groups (broad SMARTS) is 2. The van der Waals surface area contributed by atoms with Gasteiger partial charge in [-0.3, -0.25) is 14.5 Å². The van der Waals surface area contributed by atoms with Gasteiger partial charge in [-0.2, -0.15) is 5.10 Å². The van der Waals surface area contributed by atoms with Crippen LogP contribution >= 0.6 is 34.7 Å². The molecule has 3 atom stereocenters. The van der Waals surface area contributed by atoms with Gasteiger partial charge in [0.25, 0.3) is 11.8 Å². The molecule has 2 aliphatic rings. The number of carbonyl (C=O) groups excluding carboxylic acids is 2. The first-order valence-corrected chi connectivity index (χ1v) is 13.9. The van der Waals surface area contributed by atoms with Crippen molar-refractivity contribution in [1.29, 1.82) is 0 Å². The summed E-state index contributed by atoms with van der Waals surface area (Å²) in [4.78, 5) is 59.9. The molecule has 2 amide bonds. The molecule has 2 unspecified atom stereocenters. The number of carboxylic acids is 2. The number of hydrogen-bond donors (Lipinski definition) is 6. The molecular formula is C22H21ClN9O7S2+. The molecule has 19 heteroatoms. The molecule has 0 aliphatic carbocycles. The van der Waals surface area contributed by atoms with Crippen LogP contribution in [0.5, 0.6) is 0 Å². The van der Waals surface area contributed by atoms with Crippen LogP contribution in [-0.4, -0.2) is 83.0 Å². The molecule has 16 nitrogen and oxygen atoms in total. The molecule has 0 radical (unpaired) electrons. The maximum absolute atomic E-state index is 13.2. The van der Waals surface area contributed by atoms with Crippen LogP contribution in [0.1, 0.15) is 12.6 Å². The van der Waals surface area contributed by atoms with E-state index in [1.165, 1.54) is 18.7 Å². The molecule has 8 N–H and O–H groups in total. The number of pyridine rings is 1. The molecule has 5 heterocycles. The number of nitrogens with one attached hydrogen (secondary N) is 2. The molecule has 2 aliphatic heterocycles. The van der Waals surface area contributed by atoms with Crippen molar-refractivity contribution in [3.8, 4) is 0 Å². The van der Waals surface area contributed by atoms with Gasteiger partial charge in [-0.1, -0.05) is 28.1 Å². The lowest BCUT2D eigenvalue weighted by atomic mass is 10.0. The highest BCUT2D eigenvalue weighted by Gasteiger charge is 2.54. The van der Waals surface area contributed by atoms with Crippen LogP contribution in [0.25, 0.3) is 11.0 Å². The van der Waals surface area contributed by atoms with Crippen molar-refractivity contribution in [2.45, 2.75) is 31.0 Å². The summed E-state index contributed by atoms with van der Waals surface area (Å²) in [5, 5.41) is 32.1. The molecule has 3 aromatic rings. The number of amides is 2. The van der Waals surface area contributed by atoms with E-state index in [4.69, 9.17) is 33.0 Å². The Hall–Kier alpha value is -4.42. The number of oxime groups is 1. The van der Waals surface area contributed by atoms with Crippen molar-refractivity contribution in [3.05, 3.63) is 39.6 Å². The maximum atomic E-state index is 13.2. The molecule has 3 aromatic heterocycles. The number of nitrogens with two attached hydrogens (primary N) is 2. The quantitative estimate of drug-likeness (QED) is 0.0783. The van der Waals surface area contributed by atoms with Gasteiger partial charge in [-0.05, 0) is 19.1 Å². The van der Waals surface area contributed by atoms with Gasteiger partial charge >= 0.3 is 17.6 Å². The van der Waals surface area contributed by atoms with Gasteiger partial charge in [0.05, 0.1) is 11.3 Å². The fraction of sp³-hybridized carbons (Fsp3) is 0.273. The van der Waals surface area contributed by atoms with Gasteiger partial charge in [0.15, 0.2) is 16.7 Å². The largest absolute Gasteiger partial charge is 0.478 e. The van der Waals surface area contributed by atoms with Crippen LogP contribution in [0.3, 0.4) is 0 Å². The third-order valence-electron chi connectivity index (χ3n) is 6.20. The third kappa shape index (κ3) is 5.11. The fourth-order valence-corrected chi connectivity index (χ4v) is 6.49. The highest BCUT2D eigenvalue weighted by atomic mass is 35.5. The summed E-state index contributed by atoms with van der Waals surface area (Å²) in [6.07, 6.45) is 0.308. The smallest absolute Gasteiger partial charge is 0.359 e. The number of thiazole rings is 1. The van der Waals surface area contributed by atoms with E-state index in [9.17, 15) is 24.3 Å². The molecule has 214 valence electrons. The summed E-state index contributed by atoms with van der Waals surface area (Å²) in [6.45, 7) is 1.32. The molecule has 41 heavy (non-hydrogen) atoms. The zero-order valence-electron chi connectivity index (χ0n) is 20.9. The zero-order chi connectivity index (χ0) is 29.6. The standard InChI is InChI=1S/C22H20ClN9O7S2/c1-7(20(35)36)39-30-11(10-14(23)41-22(25)27-10)17(33)26-12-18(34)32-13(21(37)38)8(6-40-19(12)32)5-31-4-2-3-9-15(24)28-29-16(9)31/h2-4,7,12,19H,5-6H2,1H3,(H7,24,25,26,27,28,33,35,36,37,38)/p+1/b30-11-/t7-,12?,19?/m0/s1. The Balaban J connectivity index is 1.39. The first-order valence-electron chi connectivity index (χ1n) is 11.7. The SMILES string of the molecule is C[C@H](O/N=C(\C(=O)NC1C(=O)N2C(C(=O)O)=C(C[n+]3cccc4c(N)[nH]nc43)CSC12)c1nc(N)sc1Cl)C(=O)O. The number of hydrogen-bond acceptors (Lipinski definition) is 12. The van der Waals surface area contributed by atoms with E-state index in [2.05, 4.69) is 25.7 Å². The van der Waals surface area contributed by atoms with Gasteiger partial charge < -0.3 is 31.8 Å². The van der Waals surface area contributed by atoms with E-state index < -0.39 is 47.0 Å². The van der Waals surface area contributed by atoms with E-state index in [0.29, 0.717) is 22.4 Å². The van der Waals surface area contributed by atoms with Gasteiger partial charge in [-0.15, -0.1) is 11.8 Å². The van der Waals surface area contributed by atoms with Crippen LogP contribution in [0, 0.1) is 0 Å². The predicted octanol–water partition coefficient (Wildman–Crippen LogP) is -0.243. The van der Waals surface area contributed by atoms with Gasteiger partial charge in [-0.25, -0.2) is 19.1 Å². The molecule has 1 fully saturated rings. The Morgan fingerprint density at radius 3 is 2.80 bits per heavy atom. The summed E-state index contributed by atoms with van der Waals surface area (Å²) < 4.78 is 1.71. The van der Waals surface area contributed by atoms with Crippen molar-refractivity contribution in [1.82, 2.24) is 25.4 Å². The first kappa shape index (κ1) is 28.1. The number of nitrogens with zero attached hydrogens (tertiary/aromatic N) is 5. The number of aromatic nitrogens is 4. The molecule has 1 saturated heterocycles. The van der Waals surface area contributed by atoms with Crippen molar-refractivity contribution < 1.29 is 38.8 Å². The highest BCUT2D eigenvalue weighted by molar-refractivity contribution is 8.00. The van der Waals surface area contributed by atoms with E-state index in [1.807, 2.05) is 0 Å². The Labute approximate surface area is 243 Å². The minimum atomic E-state index is -1.41.